The summed E-state index contributed by atoms with van der Waals surface area (Å²) in [7, 11) is 0. The number of fused-ring (bicyclic) bond motifs is 1. The number of rotatable bonds is 5. The van der Waals surface area contributed by atoms with Gasteiger partial charge in [0.2, 0.25) is 0 Å². The van der Waals surface area contributed by atoms with Gasteiger partial charge in [-0.2, -0.15) is 5.26 Å². The van der Waals surface area contributed by atoms with Crippen molar-refractivity contribution in [3.05, 3.63) is 69.6 Å². The van der Waals surface area contributed by atoms with Crippen molar-refractivity contribution in [3.63, 3.8) is 0 Å². The Bertz CT molecular complexity index is 1260. The molecule has 4 rings (SSSR count). The number of nitrogens with two attached hydrogens (primary N) is 1. The van der Waals surface area contributed by atoms with Crippen molar-refractivity contribution in [1.29, 1.82) is 5.26 Å². The Balaban J connectivity index is 1.58. The van der Waals surface area contributed by atoms with Crippen LogP contribution in [-0.4, -0.2) is 11.8 Å². The van der Waals surface area contributed by atoms with Crippen LogP contribution >= 0.6 is 11.3 Å². The standard InChI is InChI=1S/C24H20FN3O3S/c1-13-2-8-18-20(10-13)32-24(21(18)22(27)29)28-23(30)15(12-26)11-17-7-9-19(31-17)14-3-5-16(25)6-4-14/h3-7,9,11,13H,2,8,10H2,1H3,(H2,27,29)(H,28,30). The van der Waals surface area contributed by atoms with Gasteiger partial charge in [0.05, 0.1) is 5.56 Å². The molecular weight excluding hydrogens is 429 g/mol. The first-order valence-electron chi connectivity index (χ1n) is 10.1. The molecule has 6 nitrogen and oxygen atoms in total. The number of carbonyl (C=O) groups is 2. The molecule has 2 amide bonds. The minimum absolute atomic E-state index is 0.180. The van der Waals surface area contributed by atoms with Crippen LogP contribution < -0.4 is 11.1 Å². The Kier molecular flexibility index (Phi) is 5.93. The largest absolute Gasteiger partial charge is 0.457 e. The number of halogens is 1. The zero-order chi connectivity index (χ0) is 22.8. The summed E-state index contributed by atoms with van der Waals surface area (Å²) in [6.45, 7) is 2.14. The number of thiophene rings is 1. The van der Waals surface area contributed by atoms with E-state index in [-0.39, 0.29) is 11.4 Å². The number of amides is 2. The zero-order valence-electron chi connectivity index (χ0n) is 17.3. The number of anilines is 1. The molecule has 8 heteroatoms. The van der Waals surface area contributed by atoms with Crippen LogP contribution in [-0.2, 0) is 17.6 Å². The molecule has 3 N–H and O–H groups in total. The van der Waals surface area contributed by atoms with E-state index < -0.39 is 11.8 Å². The molecule has 0 saturated carbocycles. The van der Waals surface area contributed by atoms with Gasteiger partial charge in [-0.25, -0.2) is 4.39 Å². The second-order valence-electron chi connectivity index (χ2n) is 7.75. The lowest BCUT2D eigenvalue weighted by Crippen LogP contribution is -2.19. The highest BCUT2D eigenvalue weighted by Gasteiger charge is 2.27. The first-order chi connectivity index (χ1) is 15.4. The molecule has 0 aliphatic heterocycles. The summed E-state index contributed by atoms with van der Waals surface area (Å²) < 4.78 is 18.8. The maximum atomic E-state index is 13.1. The fourth-order valence-electron chi connectivity index (χ4n) is 3.76. The number of primary amides is 1. The van der Waals surface area contributed by atoms with E-state index in [1.165, 1.54) is 29.5 Å². The number of nitrogens with one attached hydrogen (secondary N) is 1. The predicted molar refractivity (Wildman–Crippen MR) is 120 cm³/mol. The topological polar surface area (TPSA) is 109 Å². The van der Waals surface area contributed by atoms with Crippen molar-refractivity contribution in [2.75, 3.05) is 5.32 Å². The molecule has 1 aromatic carbocycles. The van der Waals surface area contributed by atoms with E-state index in [9.17, 15) is 19.2 Å². The van der Waals surface area contributed by atoms with Crippen LogP contribution in [0.4, 0.5) is 9.39 Å². The van der Waals surface area contributed by atoms with Gasteiger partial charge >= 0.3 is 0 Å². The highest BCUT2D eigenvalue weighted by molar-refractivity contribution is 7.17. The van der Waals surface area contributed by atoms with Gasteiger partial charge < -0.3 is 15.5 Å². The van der Waals surface area contributed by atoms with Crippen molar-refractivity contribution < 1.29 is 18.4 Å². The summed E-state index contributed by atoms with van der Waals surface area (Å²) >= 11 is 1.34. The van der Waals surface area contributed by atoms with E-state index in [2.05, 4.69) is 12.2 Å². The van der Waals surface area contributed by atoms with Gasteiger partial charge in [-0.3, -0.25) is 9.59 Å². The third-order valence-electron chi connectivity index (χ3n) is 5.39. The number of hydrogen-bond acceptors (Lipinski definition) is 5. The molecule has 1 aliphatic carbocycles. The lowest BCUT2D eigenvalue weighted by molar-refractivity contribution is -0.112. The molecule has 2 aromatic heterocycles. The monoisotopic (exact) mass is 449 g/mol. The van der Waals surface area contributed by atoms with Gasteiger partial charge in [0.15, 0.2) is 0 Å². The first kappa shape index (κ1) is 21.5. The molecule has 1 aliphatic rings. The smallest absolute Gasteiger partial charge is 0.267 e. The Morgan fingerprint density at radius 1 is 1.28 bits per heavy atom. The van der Waals surface area contributed by atoms with Crippen molar-refractivity contribution in [1.82, 2.24) is 0 Å². The normalized spacial score (nSPS) is 15.7. The minimum atomic E-state index is -0.652. The maximum absolute atomic E-state index is 13.1. The van der Waals surface area contributed by atoms with E-state index in [0.717, 1.165) is 29.7 Å². The molecule has 0 bridgehead atoms. The second kappa shape index (κ2) is 8.81. The number of hydrogen-bond donors (Lipinski definition) is 2. The van der Waals surface area contributed by atoms with Gasteiger partial charge in [-0.15, -0.1) is 11.3 Å². The van der Waals surface area contributed by atoms with Crippen molar-refractivity contribution >= 4 is 34.2 Å². The van der Waals surface area contributed by atoms with E-state index in [0.29, 0.717) is 33.6 Å². The van der Waals surface area contributed by atoms with Crippen LogP contribution in [0.15, 0.2) is 46.4 Å². The van der Waals surface area contributed by atoms with Gasteiger partial charge in [-0.05, 0) is 67.1 Å². The fraction of sp³-hybridized carbons (Fsp3) is 0.208. The first-order valence-corrected chi connectivity index (χ1v) is 10.9. The van der Waals surface area contributed by atoms with Gasteiger partial charge in [0.1, 0.15) is 34.0 Å². The molecule has 0 fully saturated rings. The summed E-state index contributed by atoms with van der Waals surface area (Å²) in [5.41, 5.74) is 7.31. The third kappa shape index (κ3) is 4.34. The highest BCUT2D eigenvalue weighted by atomic mass is 32.1. The number of nitrogens with zero attached hydrogens (tertiary/aromatic N) is 1. The van der Waals surface area contributed by atoms with Crippen LogP contribution in [0.3, 0.4) is 0 Å². The lowest BCUT2D eigenvalue weighted by Gasteiger charge is -2.18. The molecule has 0 radical (unpaired) electrons. The fourth-order valence-corrected chi connectivity index (χ4v) is 5.17. The predicted octanol–water partition coefficient (Wildman–Crippen LogP) is 4.92. The molecule has 162 valence electrons. The molecule has 1 atom stereocenters. The summed E-state index contributed by atoms with van der Waals surface area (Å²) in [6.07, 6.45) is 3.84. The quantitative estimate of drug-likeness (QED) is 0.426. The molecule has 2 heterocycles. The average Bonchev–Trinajstić information content (AvgIpc) is 3.36. The van der Waals surface area contributed by atoms with E-state index >= 15 is 0 Å². The number of furan rings is 1. The van der Waals surface area contributed by atoms with Crippen molar-refractivity contribution in [2.24, 2.45) is 11.7 Å². The maximum Gasteiger partial charge on any atom is 0.267 e. The summed E-state index contributed by atoms with van der Waals surface area (Å²) in [4.78, 5) is 25.9. The van der Waals surface area contributed by atoms with E-state index in [4.69, 9.17) is 10.2 Å². The van der Waals surface area contributed by atoms with E-state index in [1.54, 1.807) is 24.3 Å². The summed E-state index contributed by atoms with van der Waals surface area (Å²) in [5, 5.41) is 12.6. The molecule has 0 spiro atoms. The molecule has 1 unspecified atom stereocenters. The summed E-state index contributed by atoms with van der Waals surface area (Å²) in [6, 6.07) is 10.9. The Morgan fingerprint density at radius 3 is 2.72 bits per heavy atom. The van der Waals surface area contributed by atoms with Crippen molar-refractivity contribution in [3.8, 4) is 17.4 Å². The van der Waals surface area contributed by atoms with Crippen LogP contribution in [0, 0.1) is 23.1 Å². The SMILES string of the molecule is CC1CCc2c(sc(NC(=O)C(C#N)=Cc3ccc(-c4ccc(F)cc4)o3)c2C(N)=O)C1. The van der Waals surface area contributed by atoms with Crippen molar-refractivity contribution in [2.45, 2.75) is 26.2 Å². The van der Waals surface area contributed by atoms with Gasteiger partial charge in [0, 0.05) is 16.5 Å². The average molecular weight is 450 g/mol. The highest BCUT2D eigenvalue weighted by Crippen LogP contribution is 2.39. The zero-order valence-corrected chi connectivity index (χ0v) is 18.1. The van der Waals surface area contributed by atoms with Crippen LogP contribution in [0.25, 0.3) is 17.4 Å². The molecular formula is C24H20FN3O3S. The van der Waals surface area contributed by atoms with Crippen LogP contribution in [0.2, 0.25) is 0 Å². The Hall–Kier alpha value is -3.70. The van der Waals surface area contributed by atoms with Gasteiger partial charge in [0.25, 0.3) is 11.8 Å². The second-order valence-corrected chi connectivity index (χ2v) is 8.86. The molecule has 3 aromatic rings. The minimum Gasteiger partial charge on any atom is -0.457 e. The number of nitriles is 1. The summed E-state index contributed by atoms with van der Waals surface area (Å²) in [5.74, 6) is -0.334. The van der Waals surface area contributed by atoms with Crippen LogP contribution in [0.5, 0.6) is 0 Å². The van der Waals surface area contributed by atoms with E-state index in [1.807, 2.05) is 6.07 Å². The number of benzene rings is 1. The Morgan fingerprint density at radius 2 is 2.03 bits per heavy atom. The van der Waals surface area contributed by atoms with Crippen LogP contribution in [0.1, 0.15) is 39.9 Å². The molecule has 0 saturated heterocycles. The molecule has 32 heavy (non-hydrogen) atoms. The van der Waals surface area contributed by atoms with Gasteiger partial charge in [-0.1, -0.05) is 6.92 Å². The third-order valence-corrected chi connectivity index (χ3v) is 6.56. The Labute approximate surface area is 188 Å². The lowest BCUT2D eigenvalue weighted by atomic mass is 9.88. The number of carbonyl (C=O) groups excluding carboxylic acids is 2.